The van der Waals surface area contributed by atoms with Gasteiger partial charge in [0.25, 0.3) is 0 Å². The van der Waals surface area contributed by atoms with Crippen molar-refractivity contribution in [3.63, 3.8) is 0 Å². The SMILES string of the molecule is CCCNC(CC1CO1)CC1CO1. The fourth-order valence-corrected chi connectivity index (χ4v) is 1.65. The fraction of sp³-hybridized carbons (Fsp3) is 1.00. The van der Waals surface area contributed by atoms with Gasteiger partial charge in [-0.05, 0) is 25.8 Å². The van der Waals surface area contributed by atoms with Crippen molar-refractivity contribution in [1.29, 1.82) is 0 Å². The summed E-state index contributed by atoms with van der Waals surface area (Å²) in [6.45, 7) is 5.25. The molecule has 2 rings (SSSR count). The lowest BCUT2D eigenvalue weighted by atomic mass is 10.1. The number of nitrogens with one attached hydrogen (secondary N) is 1. The van der Waals surface area contributed by atoms with E-state index >= 15 is 0 Å². The maximum absolute atomic E-state index is 5.24. The average Bonchev–Trinajstić information content (AvgIpc) is 2.94. The molecule has 2 fully saturated rings. The van der Waals surface area contributed by atoms with Crippen LogP contribution in [0.1, 0.15) is 26.2 Å². The normalized spacial score (nSPS) is 33.0. The summed E-state index contributed by atoms with van der Waals surface area (Å²) < 4.78 is 10.5. The van der Waals surface area contributed by atoms with Crippen molar-refractivity contribution in [3.05, 3.63) is 0 Å². The van der Waals surface area contributed by atoms with E-state index in [1.165, 1.54) is 19.3 Å². The number of hydrogen-bond acceptors (Lipinski definition) is 3. The van der Waals surface area contributed by atoms with E-state index < -0.39 is 0 Å². The van der Waals surface area contributed by atoms with E-state index in [4.69, 9.17) is 9.47 Å². The minimum Gasteiger partial charge on any atom is -0.373 e. The van der Waals surface area contributed by atoms with Gasteiger partial charge in [0.15, 0.2) is 0 Å². The van der Waals surface area contributed by atoms with Crippen LogP contribution in [-0.2, 0) is 9.47 Å². The Hall–Kier alpha value is -0.120. The lowest BCUT2D eigenvalue weighted by Gasteiger charge is -2.15. The first kappa shape index (κ1) is 9.44. The molecule has 3 nitrogen and oxygen atoms in total. The highest BCUT2D eigenvalue weighted by atomic mass is 16.6. The number of hydrogen-bond donors (Lipinski definition) is 1. The van der Waals surface area contributed by atoms with Crippen molar-refractivity contribution in [2.24, 2.45) is 0 Å². The summed E-state index contributed by atoms with van der Waals surface area (Å²) in [5.74, 6) is 0. The van der Waals surface area contributed by atoms with E-state index in [1.807, 2.05) is 0 Å². The Morgan fingerprint density at radius 1 is 1.23 bits per heavy atom. The van der Waals surface area contributed by atoms with Crippen LogP contribution in [0, 0.1) is 0 Å². The fourth-order valence-electron chi connectivity index (χ4n) is 1.65. The lowest BCUT2D eigenvalue weighted by molar-refractivity contribution is 0.319. The first-order chi connectivity index (χ1) is 6.38. The highest BCUT2D eigenvalue weighted by molar-refractivity contribution is 4.83. The number of epoxide rings is 2. The molecule has 2 unspecified atom stereocenters. The molecule has 0 amide bonds. The highest BCUT2D eigenvalue weighted by Crippen LogP contribution is 2.22. The van der Waals surface area contributed by atoms with Crippen molar-refractivity contribution >= 4 is 0 Å². The Bertz CT molecular complexity index is 141. The minimum absolute atomic E-state index is 0.535. The monoisotopic (exact) mass is 185 g/mol. The first-order valence-electron chi connectivity index (χ1n) is 5.35. The Kier molecular flexibility index (Phi) is 3.19. The van der Waals surface area contributed by atoms with Crippen LogP contribution in [-0.4, -0.2) is 38.0 Å². The van der Waals surface area contributed by atoms with Crippen molar-refractivity contribution in [2.45, 2.75) is 44.4 Å². The van der Waals surface area contributed by atoms with Crippen LogP contribution in [0.15, 0.2) is 0 Å². The lowest BCUT2D eigenvalue weighted by Crippen LogP contribution is -2.32. The van der Waals surface area contributed by atoms with Gasteiger partial charge in [-0.25, -0.2) is 0 Å². The van der Waals surface area contributed by atoms with Crippen LogP contribution in [0.3, 0.4) is 0 Å². The van der Waals surface area contributed by atoms with Crippen molar-refractivity contribution in [3.8, 4) is 0 Å². The standard InChI is InChI=1S/C10H19NO2/c1-2-3-11-8(4-9-6-12-9)5-10-7-13-10/h8-11H,2-7H2,1H3. The molecule has 0 aliphatic carbocycles. The molecule has 0 saturated carbocycles. The molecule has 0 radical (unpaired) electrons. The summed E-state index contributed by atoms with van der Waals surface area (Å²) in [5, 5.41) is 3.55. The van der Waals surface area contributed by atoms with Crippen molar-refractivity contribution in [1.82, 2.24) is 5.32 Å². The molecule has 2 aliphatic heterocycles. The van der Waals surface area contributed by atoms with Gasteiger partial charge >= 0.3 is 0 Å². The predicted octanol–water partition coefficient (Wildman–Crippen LogP) is 0.932. The Balaban J connectivity index is 1.64. The molecule has 0 aromatic heterocycles. The van der Waals surface area contributed by atoms with E-state index in [1.54, 1.807) is 0 Å². The molecular formula is C10H19NO2. The maximum atomic E-state index is 5.24. The Labute approximate surface area is 79.8 Å². The van der Waals surface area contributed by atoms with E-state index in [9.17, 15) is 0 Å². The second kappa shape index (κ2) is 4.40. The van der Waals surface area contributed by atoms with Gasteiger partial charge in [-0.2, -0.15) is 0 Å². The zero-order valence-corrected chi connectivity index (χ0v) is 8.29. The van der Waals surface area contributed by atoms with Crippen LogP contribution in [0.4, 0.5) is 0 Å². The molecule has 3 heteroatoms. The number of rotatable bonds is 7. The summed E-state index contributed by atoms with van der Waals surface area (Å²) >= 11 is 0. The van der Waals surface area contributed by atoms with E-state index in [2.05, 4.69) is 12.2 Å². The molecule has 0 spiro atoms. The van der Waals surface area contributed by atoms with Crippen LogP contribution in [0.5, 0.6) is 0 Å². The van der Waals surface area contributed by atoms with Crippen LogP contribution in [0.25, 0.3) is 0 Å². The van der Waals surface area contributed by atoms with Gasteiger partial charge < -0.3 is 14.8 Å². The molecule has 2 atom stereocenters. The van der Waals surface area contributed by atoms with E-state index in [0.717, 1.165) is 19.8 Å². The quantitative estimate of drug-likeness (QED) is 0.600. The second-order valence-corrected chi connectivity index (χ2v) is 4.03. The summed E-state index contributed by atoms with van der Waals surface area (Å²) in [6, 6.07) is 0.611. The maximum Gasteiger partial charge on any atom is 0.0824 e. The van der Waals surface area contributed by atoms with Gasteiger partial charge in [-0.15, -0.1) is 0 Å². The molecule has 2 heterocycles. The third-order valence-electron chi connectivity index (χ3n) is 2.58. The largest absolute Gasteiger partial charge is 0.373 e. The molecule has 13 heavy (non-hydrogen) atoms. The molecule has 0 bridgehead atoms. The molecule has 0 aromatic rings. The molecule has 76 valence electrons. The highest BCUT2D eigenvalue weighted by Gasteiger charge is 2.31. The zero-order valence-electron chi connectivity index (χ0n) is 8.29. The van der Waals surface area contributed by atoms with Crippen LogP contribution < -0.4 is 5.32 Å². The van der Waals surface area contributed by atoms with Crippen LogP contribution >= 0.6 is 0 Å². The molecule has 2 aliphatic rings. The molecule has 0 aromatic carbocycles. The van der Waals surface area contributed by atoms with Gasteiger partial charge in [0.05, 0.1) is 25.4 Å². The summed E-state index contributed by atoms with van der Waals surface area (Å²) in [6.07, 6.45) is 4.61. The zero-order chi connectivity index (χ0) is 9.10. The van der Waals surface area contributed by atoms with E-state index in [-0.39, 0.29) is 0 Å². The van der Waals surface area contributed by atoms with Crippen molar-refractivity contribution in [2.75, 3.05) is 19.8 Å². The Morgan fingerprint density at radius 2 is 1.77 bits per heavy atom. The molecule has 2 saturated heterocycles. The smallest absolute Gasteiger partial charge is 0.0824 e. The third kappa shape index (κ3) is 3.63. The summed E-state index contributed by atoms with van der Waals surface area (Å²) in [7, 11) is 0. The first-order valence-corrected chi connectivity index (χ1v) is 5.35. The predicted molar refractivity (Wildman–Crippen MR) is 50.8 cm³/mol. The van der Waals surface area contributed by atoms with Crippen LogP contribution in [0.2, 0.25) is 0 Å². The minimum atomic E-state index is 0.535. The summed E-state index contributed by atoms with van der Waals surface area (Å²) in [4.78, 5) is 0. The summed E-state index contributed by atoms with van der Waals surface area (Å²) in [5.41, 5.74) is 0. The van der Waals surface area contributed by atoms with Gasteiger partial charge in [0.1, 0.15) is 0 Å². The molecular weight excluding hydrogens is 166 g/mol. The Morgan fingerprint density at radius 3 is 2.15 bits per heavy atom. The van der Waals surface area contributed by atoms with Crippen molar-refractivity contribution < 1.29 is 9.47 Å². The van der Waals surface area contributed by atoms with Gasteiger partial charge in [-0.1, -0.05) is 6.92 Å². The number of ether oxygens (including phenoxy) is 2. The topological polar surface area (TPSA) is 37.1 Å². The van der Waals surface area contributed by atoms with Gasteiger partial charge in [0, 0.05) is 6.04 Å². The van der Waals surface area contributed by atoms with Gasteiger partial charge in [-0.3, -0.25) is 0 Å². The van der Waals surface area contributed by atoms with E-state index in [0.29, 0.717) is 18.2 Å². The average molecular weight is 185 g/mol. The molecule has 1 N–H and O–H groups in total. The van der Waals surface area contributed by atoms with Gasteiger partial charge in [0.2, 0.25) is 0 Å². The second-order valence-electron chi connectivity index (χ2n) is 4.03. The third-order valence-corrected chi connectivity index (χ3v) is 2.58.